The Kier molecular flexibility index (Phi) is 6.05. The first-order valence-electron chi connectivity index (χ1n) is 6.71. The molecule has 1 fully saturated rings. The molecule has 18 heavy (non-hydrogen) atoms. The van der Waals surface area contributed by atoms with E-state index in [1.807, 2.05) is 13.8 Å². The summed E-state index contributed by atoms with van der Waals surface area (Å²) in [5.41, 5.74) is 5.20. The van der Waals surface area contributed by atoms with Gasteiger partial charge >= 0.3 is 5.97 Å². The van der Waals surface area contributed by atoms with Gasteiger partial charge in [-0.05, 0) is 33.6 Å². The maximum atomic E-state index is 11.7. The fourth-order valence-electron chi connectivity index (χ4n) is 2.26. The first-order valence-corrected chi connectivity index (χ1v) is 6.71. The van der Waals surface area contributed by atoms with Gasteiger partial charge in [0.25, 0.3) is 0 Å². The maximum Gasteiger partial charge on any atom is 0.326 e. The van der Waals surface area contributed by atoms with E-state index in [0.29, 0.717) is 32.7 Å². The van der Waals surface area contributed by atoms with E-state index in [-0.39, 0.29) is 18.2 Å². The highest BCUT2D eigenvalue weighted by atomic mass is 16.5. The highest BCUT2D eigenvalue weighted by Gasteiger charge is 2.44. The van der Waals surface area contributed by atoms with Crippen molar-refractivity contribution in [3.63, 3.8) is 0 Å². The number of ether oxygens (including phenoxy) is 3. The Balaban J connectivity index is 2.38. The number of hydrogen-bond donors (Lipinski definition) is 1. The molecule has 106 valence electrons. The topological polar surface area (TPSA) is 70.8 Å². The largest absolute Gasteiger partial charge is 0.465 e. The number of rotatable bonds is 7. The van der Waals surface area contributed by atoms with Crippen molar-refractivity contribution in [2.75, 3.05) is 19.8 Å². The summed E-state index contributed by atoms with van der Waals surface area (Å²) in [6.45, 7) is 7.33. The molecule has 0 aromatic rings. The quantitative estimate of drug-likeness (QED) is 0.697. The molecule has 0 radical (unpaired) electrons. The SMILES string of the molecule is CCOCC(C)OC1CCC(N)(C(=O)OCC)C1. The first-order chi connectivity index (χ1) is 8.51. The molecule has 1 aliphatic carbocycles. The van der Waals surface area contributed by atoms with Crippen LogP contribution in [0, 0.1) is 0 Å². The average Bonchev–Trinajstić information content (AvgIpc) is 2.70. The second-order valence-electron chi connectivity index (χ2n) is 4.85. The van der Waals surface area contributed by atoms with E-state index in [2.05, 4.69) is 0 Å². The lowest BCUT2D eigenvalue weighted by molar-refractivity contribution is -0.150. The minimum atomic E-state index is -0.869. The second-order valence-corrected chi connectivity index (χ2v) is 4.85. The summed E-state index contributed by atoms with van der Waals surface area (Å²) in [5, 5.41) is 0. The zero-order valence-corrected chi connectivity index (χ0v) is 11.6. The smallest absolute Gasteiger partial charge is 0.326 e. The Morgan fingerprint density at radius 2 is 2.17 bits per heavy atom. The molecule has 5 nitrogen and oxygen atoms in total. The highest BCUT2D eigenvalue weighted by Crippen LogP contribution is 2.31. The Bertz CT molecular complexity index is 272. The molecule has 1 rings (SSSR count). The number of nitrogens with two attached hydrogens (primary N) is 1. The summed E-state index contributed by atoms with van der Waals surface area (Å²) < 4.78 is 16.1. The van der Waals surface area contributed by atoms with Gasteiger partial charge in [-0.2, -0.15) is 0 Å². The van der Waals surface area contributed by atoms with Gasteiger partial charge in [0.2, 0.25) is 0 Å². The Morgan fingerprint density at radius 3 is 2.78 bits per heavy atom. The minimum Gasteiger partial charge on any atom is -0.465 e. The Morgan fingerprint density at radius 1 is 1.44 bits per heavy atom. The predicted molar refractivity (Wildman–Crippen MR) is 68.2 cm³/mol. The highest BCUT2D eigenvalue weighted by molar-refractivity contribution is 5.81. The van der Waals surface area contributed by atoms with Crippen molar-refractivity contribution in [1.29, 1.82) is 0 Å². The minimum absolute atomic E-state index is 0.0230. The molecule has 0 bridgehead atoms. The van der Waals surface area contributed by atoms with Gasteiger partial charge < -0.3 is 19.9 Å². The zero-order valence-electron chi connectivity index (χ0n) is 11.6. The van der Waals surface area contributed by atoms with Gasteiger partial charge in [0.05, 0.1) is 25.4 Å². The molecule has 0 heterocycles. The molecule has 0 saturated heterocycles. The molecule has 0 aromatic carbocycles. The van der Waals surface area contributed by atoms with E-state index in [1.165, 1.54) is 0 Å². The second kappa shape index (κ2) is 7.07. The number of hydrogen-bond acceptors (Lipinski definition) is 5. The van der Waals surface area contributed by atoms with Crippen LogP contribution in [0.5, 0.6) is 0 Å². The normalized spacial score (nSPS) is 29.2. The number of carbonyl (C=O) groups is 1. The number of esters is 1. The molecule has 1 saturated carbocycles. The average molecular weight is 259 g/mol. The summed E-state index contributed by atoms with van der Waals surface area (Å²) >= 11 is 0. The van der Waals surface area contributed by atoms with Crippen LogP contribution in [0.2, 0.25) is 0 Å². The molecule has 0 amide bonds. The zero-order chi connectivity index (χ0) is 13.6. The molecular formula is C13H25NO4. The molecule has 3 atom stereocenters. The fraction of sp³-hybridized carbons (Fsp3) is 0.923. The molecule has 5 heteroatoms. The Hall–Kier alpha value is -0.650. The van der Waals surface area contributed by atoms with Gasteiger partial charge in [-0.15, -0.1) is 0 Å². The standard InChI is InChI=1S/C13H25NO4/c1-4-16-9-10(3)18-11-6-7-13(14,8-11)12(15)17-5-2/h10-11H,4-9,14H2,1-3H3. The third-order valence-electron chi connectivity index (χ3n) is 3.17. The summed E-state index contributed by atoms with van der Waals surface area (Å²) in [6.07, 6.45) is 2.00. The Labute approximate surface area is 109 Å². The summed E-state index contributed by atoms with van der Waals surface area (Å²) in [4.78, 5) is 11.7. The van der Waals surface area contributed by atoms with Gasteiger partial charge in [0.15, 0.2) is 0 Å². The van der Waals surface area contributed by atoms with Crippen LogP contribution in [-0.2, 0) is 19.0 Å². The fourth-order valence-corrected chi connectivity index (χ4v) is 2.26. The van der Waals surface area contributed by atoms with Crippen LogP contribution >= 0.6 is 0 Å². The van der Waals surface area contributed by atoms with Gasteiger partial charge in [-0.25, -0.2) is 0 Å². The molecule has 0 aromatic heterocycles. The predicted octanol–water partition coefficient (Wildman–Crippen LogP) is 1.24. The van der Waals surface area contributed by atoms with E-state index in [0.717, 1.165) is 6.42 Å². The van der Waals surface area contributed by atoms with Gasteiger partial charge in [0.1, 0.15) is 5.54 Å². The van der Waals surface area contributed by atoms with Crippen LogP contribution in [0.1, 0.15) is 40.0 Å². The van der Waals surface area contributed by atoms with Crippen molar-refractivity contribution in [2.45, 2.75) is 57.8 Å². The summed E-state index contributed by atoms with van der Waals surface area (Å²) in [7, 11) is 0. The molecule has 1 aliphatic rings. The van der Waals surface area contributed by atoms with Crippen LogP contribution in [0.15, 0.2) is 0 Å². The lowest BCUT2D eigenvalue weighted by atomic mass is 9.99. The van der Waals surface area contributed by atoms with Crippen LogP contribution < -0.4 is 5.73 Å². The lowest BCUT2D eigenvalue weighted by Gasteiger charge is -2.23. The third-order valence-corrected chi connectivity index (χ3v) is 3.17. The molecule has 0 aliphatic heterocycles. The van der Waals surface area contributed by atoms with Crippen molar-refractivity contribution in [1.82, 2.24) is 0 Å². The first kappa shape index (κ1) is 15.4. The molecule has 0 spiro atoms. The monoisotopic (exact) mass is 259 g/mol. The van der Waals surface area contributed by atoms with Crippen molar-refractivity contribution >= 4 is 5.97 Å². The lowest BCUT2D eigenvalue weighted by Crippen LogP contribution is -2.47. The van der Waals surface area contributed by atoms with Crippen molar-refractivity contribution < 1.29 is 19.0 Å². The van der Waals surface area contributed by atoms with E-state index < -0.39 is 5.54 Å². The summed E-state index contributed by atoms with van der Waals surface area (Å²) in [6, 6.07) is 0. The summed E-state index contributed by atoms with van der Waals surface area (Å²) in [5.74, 6) is -0.312. The molecular weight excluding hydrogens is 234 g/mol. The van der Waals surface area contributed by atoms with E-state index in [1.54, 1.807) is 6.92 Å². The van der Waals surface area contributed by atoms with Crippen molar-refractivity contribution in [3.8, 4) is 0 Å². The van der Waals surface area contributed by atoms with E-state index >= 15 is 0 Å². The number of carbonyl (C=O) groups excluding carboxylic acids is 1. The van der Waals surface area contributed by atoms with Gasteiger partial charge in [-0.3, -0.25) is 4.79 Å². The third kappa shape index (κ3) is 4.23. The van der Waals surface area contributed by atoms with Gasteiger partial charge in [-0.1, -0.05) is 0 Å². The molecule has 3 unspecified atom stereocenters. The van der Waals surface area contributed by atoms with E-state index in [4.69, 9.17) is 19.9 Å². The van der Waals surface area contributed by atoms with Crippen molar-refractivity contribution in [2.24, 2.45) is 5.73 Å². The van der Waals surface area contributed by atoms with Crippen LogP contribution in [0.4, 0.5) is 0 Å². The molecule has 2 N–H and O–H groups in total. The maximum absolute atomic E-state index is 11.7. The van der Waals surface area contributed by atoms with E-state index in [9.17, 15) is 4.79 Å². The van der Waals surface area contributed by atoms with Crippen LogP contribution in [-0.4, -0.2) is 43.5 Å². The van der Waals surface area contributed by atoms with Crippen molar-refractivity contribution in [3.05, 3.63) is 0 Å². The van der Waals surface area contributed by atoms with Crippen LogP contribution in [0.3, 0.4) is 0 Å². The van der Waals surface area contributed by atoms with Crippen LogP contribution in [0.25, 0.3) is 0 Å². The van der Waals surface area contributed by atoms with Gasteiger partial charge in [0, 0.05) is 13.0 Å².